The molecule has 14 heavy (non-hydrogen) atoms. The van der Waals surface area contributed by atoms with Crippen molar-refractivity contribution in [2.24, 2.45) is 23.7 Å². The fraction of sp³-hybridized carbons (Fsp3) is 1.00. The van der Waals surface area contributed by atoms with Gasteiger partial charge >= 0.3 is 0 Å². The number of fused-ring (bicyclic) bond motifs is 2. The van der Waals surface area contributed by atoms with Crippen LogP contribution < -0.4 is 0 Å². The minimum atomic E-state index is 1.16. The number of rotatable bonds is 0. The van der Waals surface area contributed by atoms with E-state index in [4.69, 9.17) is 0 Å². The van der Waals surface area contributed by atoms with Crippen LogP contribution in [0.1, 0.15) is 64.2 Å². The predicted octanol–water partition coefficient (Wildman–Crippen LogP) is 4.39. The molecule has 0 heterocycles. The molecule has 4 atom stereocenters. The molecule has 3 fully saturated rings. The van der Waals surface area contributed by atoms with E-state index in [1.54, 1.807) is 64.2 Å². The van der Waals surface area contributed by atoms with Crippen molar-refractivity contribution < 1.29 is 0 Å². The van der Waals surface area contributed by atoms with Gasteiger partial charge in [-0.05, 0) is 36.5 Å². The van der Waals surface area contributed by atoms with Crippen molar-refractivity contribution in [1.82, 2.24) is 0 Å². The average molecular weight is 192 g/mol. The summed E-state index contributed by atoms with van der Waals surface area (Å²) < 4.78 is 0. The molecule has 0 saturated heterocycles. The first-order valence-corrected chi connectivity index (χ1v) is 6.93. The third-order valence-corrected chi connectivity index (χ3v) is 5.34. The highest BCUT2D eigenvalue weighted by Gasteiger charge is 2.38. The minimum Gasteiger partial charge on any atom is -0.0530 e. The smallest absolute Gasteiger partial charge is 0.0383 e. The first-order valence-electron chi connectivity index (χ1n) is 6.93. The molecule has 0 N–H and O–H groups in total. The van der Waals surface area contributed by atoms with E-state index in [1.807, 2.05) is 0 Å². The van der Waals surface area contributed by atoms with E-state index in [0.717, 1.165) is 23.7 Å². The summed E-state index contributed by atoms with van der Waals surface area (Å²) in [6, 6.07) is 0. The molecule has 80 valence electrons. The summed E-state index contributed by atoms with van der Waals surface area (Å²) in [5.41, 5.74) is 0. The van der Waals surface area contributed by atoms with Gasteiger partial charge in [0.05, 0.1) is 0 Å². The van der Waals surface area contributed by atoms with Crippen molar-refractivity contribution in [3.8, 4) is 0 Å². The second kappa shape index (κ2) is 3.87. The van der Waals surface area contributed by atoms with Gasteiger partial charge in [0, 0.05) is 0 Å². The molecule has 0 aromatic rings. The SMILES string of the molecule is C1CC[C@H]2C[C@@H]3CCCC[C@H]3C[C@H]2C1. The second-order valence-electron chi connectivity index (χ2n) is 6.08. The Balaban J connectivity index is 1.68. The van der Waals surface area contributed by atoms with Crippen LogP contribution in [0.3, 0.4) is 0 Å². The van der Waals surface area contributed by atoms with Crippen LogP contribution in [0, 0.1) is 23.7 Å². The number of hydrogen-bond acceptors (Lipinski definition) is 0. The highest BCUT2D eigenvalue weighted by molar-refractivity contribution is 4.89. The zero-order valence-electron chi connectivity index (χ0n) is 9.38. The van der Waals surface area contributed by atoms with Crippen molar-refractivity contribution in [1.29, 1.82) is 0 Å². The summed E-state index contributed by atoms with van der Waals surface area (Å²) in [7, 11) is 0. The topological polar surface area (TPSA) is 0 Å². The van der Waals surface area contributed by atoms with Crippen molar-refractivity contribution in [3.05, 3.63) is 0 Å². The highest BCUT2D eigenvalue weighted by Crippen LogP contribution is 2.49. The van der Waals surface area contributed by atoms with E-state index >= 15 is 0 Å². The first kappa shape index (κ1) is 9.24. The maximum Gasteiger partial charge on any atom is -0.0383 e. The molecule has 3 aliphatic rings. The summed E-state index contributed by atoms with van der Waals surface area (Å²) in [6.45, 7) is 0. The maximum absolute atomic E-state index is 1.62. The Morgan fingerprint density at radius 1 is 0.429 bits per heavy atom. The lowest BCUT2D eigenvalue weighted by atomic mass is 9.60. The van der Waals surface area contributed by atoms with Gasteiger partial charge in [0.2, 0.25) is 0 Å². The normalized spacial score (nSPS) is 48.0. The largest absolute Gasteiger partial charge is 0.0530 e. The van der Waals surface area contributed by atoms with Gasteiger partial charge in [-0.3, -0.25) is 0 Å². The van der Waals surface area contributed by atoms with Gasteiger partial charge in [0.15, 0.2) is 0 Å². The van der Waals surface area contributed by atoms with E-state index in [2.05, 4.69) is 0 Å². The summed E-state index contributed by atoms with van der Waals surface area (Å²) in [5, 5.41) is 0. The van der Waals surface area contributed by atoms with Crippen molar-refractivity contribution in [2.75, 3.05) is 0 Å². The molecule has 0 aromatic carbocycles. The van der Waals surface area contributed by atoms with E-state index in [-0.39, 0.29) is 0 Å². The van der Waals surface area contributed by atoms with Crippen LogP contribution in [-0.4, -0.2) is 0 Å². The predicted molar refractivity (Wildman–Crippen MR) is 60.1 cm³/mol. The highest BCUT2D eigenvalue weighted by atomic mass is 14.4. The first-order chi connectivity index (χ1) is 6.93. The lowest BCUT2D eigenvalue weighted by Crippen LogP contribution is -2.35. The lowest BCUT2D eigenvalue weighted by molar-refractivity contribution is 0.0520. The fourth-order valence-electron chi connectivity index (χ4n) is 4.59. The summed E-state index contributed by atoms with van der Waals surface area (Å²) in [5.74, 6) is 4.62. The Bertz CT molecular complexity index is 154. The monoisotopic (exact) mass is 192 g/mol. The van der Waals surface area contributed by atoms with Crippen molar-refractivity contribution in [2.45, 2.75) is 64.2 Å². The van der Waals surface area contributed by atoms with Crippen LogP contribution in [0.5, 0.6) is 0 Å². The van der Waals surface area contributed by atoms with Gasteiger partial charge in [0.1, 0.15) is 0 Å². The summed E-state index contributed by atoms with van der Waals surface area (Å²) in [6.07, 6.45) is 15.7. The molecule has 0 heteroatoms. The standard InChI is InChI=1S/C14H24/c1-2-6-12-10-14-8-4-3-7-13(14)9-11(12)5-1/h11-14H,1-10H2/t11-,12-,13-,14+/m0/s1. The molecule has 0 aromatic heterocycles. The lowest BCUT2D eigenvalue weighted by Gasteiger charge is -2.46. The van der Waals surface area contributed by atoms with Gasteiger partial charge in [-0.1, -0.05) is 51.4 Å². The second-order valence-corrected chi connectivity index (χ2v) is 6.08. The van der Waals surface area contributed by atoms with Crippen molar-refractivity contribution in [3.63, 3.8) is 0 Å². The van der Waals surface area contributed by atoms with Crippen molar-refractivity contribution >= 4 is 0 Å². The third kappa shape index (κ3) is 1.61. The van der Waals surface area contributed by atoms with E-state index < -0.39 is 0 Å². The van der Waals surface area contributed by atoms with Gasteiger partial charge < -0.3 is 0 Å². The third-order valence-electron chi connectivity index (χ3n) is 5.34. The zero-order valence-corrected chi connectivity index (χ0v) is 9.38. The molecule has 0 unspecified atom stereocenters. The van der Waals surface area contributed by atoms with E-state index in [9.17, 15) is 0 Å². The van der Waals surface area contributed by atoms with Crippen LogP contribution in [0.4, 0.5) is 0 Å². The van der Waals surface area contributed by atoms with Crippen LogP contribution in [0.15, 0.2) is 0 Å². The molecular weight excluding hydrogens is 168 g/mol. The summed E-state index contributed by atoms with van der Waals surface area (Å²) in [4.78, 5) is 0. The Kier molecular flexibility index (Phi) is 2.55. The Hall–Kier alpha value is 0. The maximum atomic E-state index is 1.62. The van der Waals surface area contributed by atoms with E-state index in [1.165, 1.54) is 0 Å². The van der Waals surface area contributed by atoms with Gasteiger partial charge in [0.25, 0.3) is 0 Å². The van der Waals surface area contributed by atoms with Gasteiger partial charge in [-0.2, -0.15) is 0 Å². The van der Waals surface area contributed by atoms with Crippen LogP contribution in [0.25, 0.3) is 0 Å². The zero-order chi connectivity index (χ0) is 9.38. The average Bonchev–Trinajstić information content (AvgIpc) is 2.26. The molecule has 0 aliphatic heterocycles. The molecule has 0 spiro atoms. The molecular formula is C14H24. The molecule has 3 saturated carbocycles. The Labute approximate surface area is 88.5 Å². The Morgan fingerprint density at radius 3 is 1.00 bits per heavy atom. The quantitative estimate of drug-likeness (QED) is 0.534. The fourth-order valence-corrected chi connectivity index (χ4v) is 4.59. The molecule has 0 radical (unpaired) electrons. The van der Waals surface area contributed by atoms with Crippen LogP contribution in [-0.2, 0) is 0 Å². The molecule has 0 amide bonds. The van der Waals surface area contributed by atoms with Crippen LogP contribution in [0.2, 0.25) is 0 Å². The van der Waals surface area contributed by atoms with E-state index in [0.29, 0.717) is 0 Å². The minimum absolute atomic E-state index is 1.16. The molecule has 0 bridgehead atoms. The molecule has 3 aliphatic carbocycles. The van der Waals surface area contributed by atoms with Gasteiger partial charge in [-0.25, -0.2) is 0 Å². The molecule has 3 rings (SSSR count). The van der Waals surface area contributed by atoms with Gasteiger partial charge in [-0.15, -0.1) is 0 Å². The molecule has 0 nitrogen and oxygen atoms in total. The van der Waals surface area contributed by atoms with Crippen LogP contribution >= 0.6 is 0 Å². The number of hydrogen-bond donors (Lipinski definition) is 0. The summed E-state index contributed by atoms with van der Waals surface area (Å²) >= 11 is 0. The Morgan fingerprint density at radius 2 is 0.714 bits per heavy atom.